The van der Waals surface area contributed by atoms with Crippen LogP contribution in [0.3, 0.4) is 0 Å². The summed E-state index contributed by atoms with van der Waals surface area (Å²) in [5.41, 5.74) is -1.04. The van der Waals surface area contributed by atoms with Crippen LogP contribution in [0, 0.1) is 10.1 Å². The highest BCUT2D eigenvalue weighted by molar-refractivity contribution is 7.90. The monoisotopic (exact) mass is 273 g/mol. The van der Waals surface area contributed by atoms with Crippen LogP contribution in [0.5, 0.6) is 0 Å². The Bertz CT molecular complexity index is 548. The van der Waals surface area contributed by atoms with Gasteiger partial charge in [0.15, 0.2) is 0 Å². The summed E-state index contributed by atoms with van der Waals surface area (Å²) in [6.07, 6.45) is 0. The highest BCUT2D eigenvalue weighted by atomic mass is 32.2. The summed E-state index contributed by atoms with van der Waals surface area (Å²) < 4.78 is 28.0. The van der Waals surface area contributed by atoms with Crippen molar-refractivity contribution in [1.82, 2.24) is 4.72 Å². The van der Waals surface area contributed by atoms with Gasteiger partial charge in [-0.1, -0.05) is 12.1 Å². The van der Waals surface area contributed by atoms with Gasteiger partial charge < -0.3 is 0 Å². The van der Waals surface area contributed by atoms with Crippen molar-refractivity contribution < 1.29 is 13.3 Å². The predicted molar refractivity (Wildman–Crippen MR) is 68.5 cm³/mol. The molecule has 18 heavy (non-hydrogen) atoms. The lowest BCUT2D eigenvalue weighted by atomic mass is 10.1. The van der Waals surface area contributed by atoms with E-state index < -0.39 is 20.7 Å². The van der Waals surface area contributed by atoms with Crippen LogP contribution in [-0.2, 0) is 10.2 Å². The van der Waals surface area contributed by atoms with Crippen molar-refractivity contribution in [1.29, 1.82) is 0 Å². The molecule has 0 atom stereocenters. The van der Waals surface area contributed by atoms with Gasteiger partial charge in [0.05, 0.1) is 4.92 Å². The molecular formula is C10H15N3O4S. The third-order valence-corrected chi connectivity index (χ3v) is 3.16. The van der Waals surface area contributed by atoms with Gasteiger partial charge in [0, 0.05) is 11.6 Å². The van der Waals surface area contributed by atoms with Gasteiger partial charge in [-0.15, -0.1) is 0 Å². The second-order valence-electron chi connectivity index (χ2n) is 4.73. The summed E-state index contributed by atoms with van der Waals surface area (Å²) in [5.74, 6) is 0. The minimum atomic E-state index is -3.85. The van der Waals surface area contributed by atoms with Crippen molar-refractivity contribution in [2.45, 2.75) is 26.3 Å². The highest BCUT2D eigenvalue weighted by Gasteiger charge is 2.22. The zero-order valence-corrected chi connectivity index (χ0v) is 11.1. The van der Waals surface area contributed by atoms with Gasteiger partial charge >= 0.3 is 0 Å². The van der Waals surface area contributed by atoms with Gasteiger partial charge in [-0.3, -0.25) is 14.8 Å². The number of nitro benzene ring substituents is 1. The Morgan fingerprint density at radius 3 is 2.28 bits per heavy atom. The lowest BCUT2D eigenvalue weighted by Crippen LogP contribution is -2.43. The molecule has 0 saturated carbocycles. The molecule has 0 aliphatic heterocycles. The van der Waals surface area contributed by atoms with Gasteiger partial charge in [0.25, 0.3) is 15.9 Å². The molecule has 1 aromatic rings. The standard InChI is InChI=1S/C10H15N3O4S/c1-10(2,3)12-18(16,17)11-8-6-4-5-7-9(8)13(14)15/h4-7,11-12H,1-3H3. The zero-order chi connectivity index (χ0) is 14.0. The fourth-order valence-electron chi connectivity index (χ4n) is 1.29. The minimum Gasteiger partial charge on any atom is -0.264 e. The van der Waals surface area contributed by atoms with E-state index in [9.17, 15) is 18.5 Å². The molecule has 0 unspecified atom stereocenters. The fraction of sp³-hybridized carbons (Fsp3) is 0.400. The summed E-state index contributed by atoms with van der Waals surface area (Å²) >= 11 is 0. The van der Waals surface area contributed by atoms with Crippen molar-refractivity contribution >= 4 is 21.6 Å². The smallest absolute Gasteiger partial charge is 0.264 e. The number of para-hydroxylation sites is 2. The average molecular weight is 273 g/mol. The first kappa shape index (κ1) is 14.4. The van der Waals surface area contributed by atoms with Gasteiger partial charge in [-0.05, 0) is 26.8 Å². The van der Waals surface area contributed by atoms with E-state index in [4.69, 9.17) is 0 Å². The van der Waals surface area contributed by atoms with E-state index in [-0.39, 0.29) is 11.4 Å². The molecular weight excluding hydrogens is 258 g/mol. The molecule has 1 rings (SSSR count). The van der Waals surface area contributed by atoms with Crippen molar-refractivity contribution in [3.05, 3.63) is 34.4 Å². The third-order valence-electron chi connectivity index (χ3n) is 1.79. The van der Waals surface area contributed by atoms with E-state index in [1.807, 2.05) is 0 Å². The molecule has 0 amide bonds. The Morgan fingerprint density at radius 1 is 1.22 bits per heavy atom. The molecule has 100 valence electrons. The average Bonchev–Trinajstić information content (AvgIpc) is 2.13. The molecule has 0 bridgehead atoms. The van der Waals surface area contributed by atoms with Gasteiger partial charge in [0.2, 0.25) is 0 Å². The van der Waals surface area contributed by atoms with Crippen LogP contribution in [-0.4, -0.2) is 18.9 Å². The maximum atomic E-state index is 11.7. The fourth-order valence-corrected chi connectivity index (χ4v) is 2.61. The van der Waals surface area contributed by atoms with Crippen molar-refractivity contribution in [2.24, 2.45) is 0 Å². The molecule has 0 radical (unpaired) electrons. The number of nitrogens with zero attached hydrogens (tertiary/aromatic N) is 1. The molecule has 0 aromatic heterocycles. The van der Waals surface area contributed by atoms with E-state index in [2.05, 4.69) is 9.44 Å². The van der Waals surface area contributed by atoms with Crippen LogP contribution < -0.4 is 9.44 Å². The summed E-state index contributed by atoms with van der Waals surface area (Å²) in [6.45, 7) is 5.02. The first-order chi connectivity index (χ1) is 8.11. The van der Waals surface area contributed by atoms with Crippen LogP contribution in [0.2, 0.25) is 0 Å². The van der Waals surface area contributed by atoms with E-state index in [0.717, 1.165) is 0 Å². The first-order valence-corrected chi connectivity index (χ1v) is 6.64. The second-order valence-corrected chi connectivity index (χ2v) is 6.15. The molecule has 0 heterocycles. The SMILES string of the molecule is CC(C)(C)NS(=O)(=O)Nc1ccccc1[N+](=O)[O-]. The molecule has 1 aromatic carbocycles. The number of nitro groups is 1. The van der Waals surface area contributed by atoms with E-state index in [0.29, 0.717) is 0 Å². The Morgan fingerprint density at radius 2 is 1.78 bits per heavy atom. The summed E-state index contributed by atoms with van der Waals surface area (Å²) in [7, 11) is -3.85. The molecule has 0 aliphatic rings. The minimum absolute atomic E-state index is 0.0701. The zero-order valence-electron chi connectivity index (χ0n) is 10.3. The van der Waals surface area contributed by atoms with E-state index in [1.54, 1.807) is 20.8 Å². The van der Waals surface area contributed by atoms with Crippen molar-refractivity contribution in [3.8, 4) is 0 Å². The Hall–Kier alpha value is -1.67. The normalized spacial score (nSPS) is 12.2. The van der Waals surface area contributed by atoms with Crippen LogP contribution in [0.15, 0.2) is 24.3 Å². The third kappa shape index (κ3) is 4.30. The largest absolute Gasteiger partial charge is 0.299 e. The quantitative estimate of drug-likeness (QED) is 0.643. The number of rotatable bonds is 4. The van der Waals surface area contributed by atoms with Crippen LogP contribution in [0.1, 0.15) is 20.8 Å². The number of hydrogen-bond acceptors (Lipinski definition) is 4. The maximum absolute atomic E-state index is 11.7. The van der Waals surface area contributed by atoms with Gasteiger partial charge in [0.1, 0.15) is 5.69 Å². The van der Waals surface area contributed by atoms with E-state index in [1.165, 1.54) is 24.3 Å². The molecule has 7 nitrogen and oxygen atoms in total. The number of anilines is 1. The molecule has 8 heteroatoms. The Balaban J connectivity index is 3.02. The van der Waals surface area contributed by atoms with Crippen molar-refractivity contribution in [2.75, 3.05) is 4.72 Å². The summed E-state index contributed by atoms with van der Waals surface area (Å²) in [5, 5.41) is 10.7. The Labute approximate surface area is 106 Å². The number of nitrogens with one attached hydrogen (secondary N) is 2. The predicted octanol–water partition coefficient (Wildman–Crippen LogP) is 1.64. The van der Waals surface area contributed by atoms with Gasteiger partial charge in [-0.2, -0.15) is 13.1 Å². The lowest BCUT2D eigenvalue weighted by molar-refractivity contribution is -0.383. The van der Waals surface area contributed by atoms with Crippen LogP contribution >= 0.6 is 0 Å². The molecule has 0 fully saturated rings. The van der Waals surface area contributed by atoms with Crippen LogP contribution in [0.4, 0.5) is 11.4 Å². The van der Waals surface area contributed by atoms with Crippen molar-refractivity contribution in [3.63, 3.8) is 0 Å². The topological polar surface area (TPSA) is 101 Å². The molecule has 0 spiro atoms. The lowest BCUT2D eigenvalue weighted by Gasteiger charge is -2.20. The maximum Gasteiger partial charge on any atom is 0.299 e. The first-order valence-electron chi connectivity index (χ1n) is 5.16. The Kier molecular flexibility index (Phi) is 3.92. The van der Waals surface area contributed by atoms with Crippen LogP contribution in [0.25, 0.3) is 0 Å². The molecule has 0 saturated heterocycles. The molecule has 2 N–H and O–H groups in total. The number of benzene rings is 1. The number of hydrogen-bond donors (Lipinski definition) is 2. The molecule has 0 aliphatic carbocycles. The van der Waals surface area contributed by atoms with Gasteiger partial charge in [-0.25, -0.2) is 0 Å². The second kappa shape index (κ2) is 4.91. The van der Waals surface area contributed by atoms with E-state index >= 15 is 0 Å². The summed E-state index contributed by atoms with van der Waals surface area (Å²) in [6, 6.07) is 5.55. The highest BCUT2D eigenvalue weighted by Crippen LogP contribution is 2.24. The summed E-state index contributed by atoms with van der Waals surface area (Å²) in [4.78, 5) is 10.1.